The van der Waals surface area contributed by atoms with Gasteiger partial charge in [0.15, 0.2) is 0 Å². The minimum absolute atomic E-state index is 0.0205. The summed E-state index contributed by atoms with van der Waals surface area (Å²) in [6.45, 7) is 1.75. The van der Waals surface area contributed by atoms with Gasteiger partial charge in [0.25, 0.3) is 5.69 Å². The van der Waals surface area contributed by atoms with Gasteiger partial charge >= 0.3 is 11.9 Å². The van der Waals surface area contributed by atoms with Crippen molar-refractivity contribution in [2.75, 3.05) is 12.4 Å². The van der Waals surface area contributed by atoms with Crippen molar-refractivity contribution in [3.05, 3.63) is 39.9 Å². The Morgan fingerprint density at radius 2 is 1.96 bits per heavy atom. The SMILES string of the molecule is CCOC(=O)[C@H](CSCc1ccc([N+](=O)[O-])cc1)NC(=O)[C@@H](N)CC(=O)O. The molecule has 27 heavy (non-hydrogen) atoms. The van der Waals surface area contributed by atoms with Crippen LogP contribution in [0.5, 0.6) is 0 Å². The van der Waals surface area contributed by atoms with E-state index in [2.05, 4.69) is 5.32 Å². The first-order valence-corrected chi connectivity index (χ1v) is 9.15. The van der Waals surface area contributed by atoms with E-state index in [-0.39, 0.29) is 18.0 Å². The number of esters is 1. The van der Waals surface area contributed by atoms with Crippen LogP contribution in [0.3, 0.4) is 0 Å². The molecule has 2 atom stereocenters. The van der Waals surface area contributed by atoms with E-state index in [1.807, 2.05) is 0 Å². The number of amides is 1. The molecule has 1 rings (SSSR count). The molecule has 0 aliphatic rings. The third-order valence-electron chi connectivity index (χ3n) is 3.32. The molecule has 148 valence electrons. The fraction of sp³-hybridized carbons (Fsp3) is 0.438. The van der Waals surface area contributed by atoms with Gasteiger partial charge in [0, 0.05) is 23.6 Å². The van der Waals surface area contributed by atoms with E-state index >= 15 is 0 Å². The van der Waals surface area contributed by atoms with Crippen LogP contribution in [0.2, 0.25) is 0 Å². The number of carbonyl (C=O) groups is 3. The number of rotatable bonds is 11. The van der Waals surface area contributed by atoms with E-state index in [0.29, 0.717) is 5.75 Å². The standard InChI is InChI=1S/C16H21N3O7S/c1-2-26-16(23)13(18-15(22)12(17)7-14(20)21)9-27-8-10-3-5-11(6-4-10)19(24)25/h3-6,12-13H,2,7-9,17H2,1H3,(H,18,22)(H,20,21)/t12-,13-/m0/s1. The highest BCUT2D eigenvalue weighted by Crippen LogP contribution is 2.17. The maximum Gasteiger partial charge on any atom is 0.329 e. The van der Waals surface area contributed by atoms with Crippen LogP contribution in [0.25, 0.3) is 0 Å². The first-order valence-electron chi connectivity index (χ1n) is 8.00. The molecule has 0 fully saturated rings. The third-order valence-corrected chi connectivity index (χ3v) is 4.43. The van der Waals surface area contributed by atoms with E-state index in [9.17, 15) is 24.5 Å². The molecule has 10 nitrogen and oxygen atoms in total. The Kier molecular flexibility index (Phi) is 9.23. The van der Waals surface area contributed by atoms with Crippen molar-refractivity contribution in [3.8, 4) is 0 Å². The molecular weight excluding hydrogens is 378 g/mol. The summed E-state index contributed by atoms with van der Waals surface area (Å²) < 4.78 is 4.91. The second-order valence-corrected chi connectivity index (χ2v) is 6.49. The molecule has 1 aromatic carbocycles. The van der Waals surface area contributed by atoms with Crippen molar-refractivity contribution < 1.29 is 29.2 Å². The first kappa shape index (κ1) is 22.4. The van der Waals surface area contributed by atoms with Gasteiger partial charge in [-0.1, -0.05) is 12.1 Å². The lowest BCUT2D eigenvalue weighted by Crippen LogP contribution is -2.50. The minimum atomic E-state index is -1.28. The Hall–Kier alpha value is -2.66. The van der Waals surface area contributed by atoms with Crippen LogP contribution in [0.15, 0.2) is 24.3 Å². The molecule has 0 aromatic heterocycles. The summed E-state index contributed by atoms with van der Waals surface area (Å²) >= 11 is 1.31. The van der Waals surface area contributed by atoms with Gasteiger partial charge in [-0.15, -0.1) is 0 Å². The number of nitro benzene ring substituents is 1. The van der Waals surface area contributed by atoms with Gasteiger partial charge in [-0.05, 0) is 12.5 Å². The highest BCUT2D eigenvalue weighted by Gasteiger charge is 2.26. The zero-order valence-electron chi connectivity index (χ0n) is 14.6. The van der Waals surface area contributed by atoms with Crippen LogP contribution < -0.4 is 11.1 Å². The molecule has 4 N–H and O–H groups in total. The number of aliphatic carboxylic acids is 1. The lowest BCUT2D eigenvalue weighted by Gasteiger charge is -2.19. The van der Waals surface area contributed by atoms with E-state index in [0.717, 1.165) is 5.56 Å². The molecule has 0 saturated carbocycles. The van der Waals surface area contributed by atoms with Crippen LogP contribution in [0.1, 0.15) is 18.9 Å². The Labute approximate surface area is 159 Å². The number of carboxylic acid groups (broad SMARTS) is 1. The van der Waals surface area contributed by atoms with E-state index in [4.69, 9.17) is 15.6 Å². The highest BCUT2D eigenvalue weighted by molar-refractivity contribution is 7.98. The van der Waals surface area contributed by atoms with Crippen LogP contribution in [-0.4, -0.2) is 52.3 Å². The molecule has 0 aliphatic heterocycles. The Morgan fingerprint density at radius 1 is 1.33 bits per heavy atom. The average molecular weight is 399 g/mol. The van der Waals surface area contributed by atoms with Crippen molar-refractivity contribution >= 4 is 35.3 Å². The van der Waals surface area contributed by atoms with Crippen LogP contribution >= 0.6 is 11.8 Å². The maximum absolute atomic E-state index is 12.0. The second-order valence-electron chi connectivity index (χ2n) is 5.46. The van der Waals surface area contributed by atoms with E-state index in [1.54, 1.807) is 19.1 Å². The molecule has 1 aromatic rings. The predicted octanol–water partition coefficient (Wildman–Crippen LogP) is 0.678. The molecule has 0 heterocycles. The summed E-state index contributed by atoms with van der Waals surface area (Å²) in [5.74, 6) is -2.01. The second kappa shape index (κ2) is 11.1. The molecule has 0 saturated heterocycles. The number of benzene rings is 1. The number of nitrogens with zero attached hydrogens (tertiary/aromatic N) is 1. The van der Waals surface area contributed by atoms with Gasteiger partial charge in [0.1, 0.15) is 6.04 Å². The summed E-state index contributed by atoms with van der Waals surface area (Å²) in [6.07, 6.45) is -0.558. The summed E-state index contributed by atoms with van der Waals surface area (Å²) in [7, 11) is 0. The molecule has 0 radical (unpaired) electrons. The molecule has 0 spiro atoms. The summed E-state index contributed by atoms with van der Waals surface area (Å²) in [5, 5.41) is 21.7. The molecule has 0 aliphatic carbocycles. The zero-order valence-corrected chi connectivity index (χ0v) is 15.4. The lowest BCUT2D eigenvalue weighted by atomic mass is 10.2. The van der Waals surface area contributed by atoms with Gasteiger partial charge in [-0.25, -0.2) is 4.79 Å². The number of thioether (sulfide) groups is 1. The predicted molar refractivity (Wildman–Crippen MR) is 98.1 cm³/mol. The number of nitrogens with two attached hydrogens (primary N) is 1. The van der Waals surface area contributed by atoms with Crippen molar-refractivity contribution in [2.24, 2.45) is 5.73 Å². The van der Waals surface area contributed by atoms with Crippen molar-refractivity contribution in [3.63, 3.8) is 0 Å². The van der Waals surface area contributed by atoms with Crippen molar-refractivity contribution in [1.29, 1.82) is 0 Å². The number of carbonyl (C=O) groups excluding carboxylic acids is 2. The fourth-order valence-electron chi connectivity index (χ4n) is 1.98. The highest BCUT2D eigenvalue weighted by atomic mass is 32.2. The van der Waals surface area contributed by atoms with E-state index < -0.39 is 41.3 Å². The molecule has 1 amide bonds. The number of nitro groups is 1. The quantitative estimate of drug-likeness (QED) is 0.276. The zero-order chi connectivity index (χ0) is 20.4. The maximum atomic E-state index is 12.0. The van der Waals surface area contributed by atoms with Crippen molar-refractivity contribution in [1.82, 2.24) is 5.32 Å². The molecular formula is C16H21N3O7S. The van der Waals surface area contributed by atoms with Gasteiger partial charge < -0.3 is 20.9 Å². The van der Waals surface area contributed by atoms with Gasteiger partial charge in [-0.3, -0.25) is 19.7 Å². The number of hydrogen-bond donors (Lipinski definition) is 3. The van der Waals surface area contributed by atoms with Gasteiger partial charge in [-0.2, -0.15) is 11.8 Å². The Morgan fingerprint density at radius 3 is 2.48 bits per heavy atom. The third kappa shape index (κ3) is 8.05. The smallest absolute Gasteiger partial charge is 0.329 e. The minimum Gasteiger partial charge on any atom is -0.481 e. The summed E-state index contributed by atoms with van der Waals surface area (Å²) in [6, 6.07) is 3.70. The average Bonchev–Trinajstić information content (AvgIpc) is 2.60. The van der Waals surface area contributed by atoms with Crippen LogP contribution in [-0.2, 0) is 24.9 Å². The number of ether oxygens (including phenoxy) is 1. The van der Waals surface area contributed by atoms with E-state index in [1.165, 1.54) is 23.9 Å². The number of non-ortho nitro benzene ring substituents is 1. The molecule has 0 unspecified atom stereocenters. The van der Waals surface area contributed by atoms with Crippen LogP contribution in [0.4, 0.5) is 5.69 Å². The number of nitrogens with one attached hydrogen (secondary N) is 1. The Bertz CT molecular complexity index is 681. The monoisotopic (exact) mass is 399 g/mol. The first-order chi connectivity index (χ1) is 12.7. The topological polar surface area (TPSA) is 162 Å². The van der Waals surface area contributed by atoms with Gasteiger partial charge in [0.05, 0.1) is 24.0 Å². The number of carboxylic acids is 1. The molecule has 0 bridgehead atoms. The fourth-order valence-corrected chi connectivity index (χ4v) is 2.98. The van der Waals surface area contributed by atoms with Crippen molar-refractivity contribution in [2.45, 2.75) is 31.2 Å². The van der Waals surface area contributed by atoms with Gasteiger partial charge in [0.2, 0.25) is 5.91 Å². The largest absolute Gasteiger partial charge is 0.481 e. The molecule has 11 heteroatoms. The summed E-state index contributed by atoms with van der Waals surface area (Å²) in [4.78, 5) is 44.7. The number of hydrogen-bond acceptors (Lipinski definition) is 8. The lowest BCUT2D eigenvalue weighted by molar-refractivity contribution is -0.384. The van der Waals surface area contributed by atoms with Crippen LogP contribution in [0, 0.1) is 10.1 Å². The Balaban J connectivity index is 2.63. The summed E-state index contributed by atoms with van der Waals surface area (Å²) in [5.41, 5.74) is 6.28. The normalized spacial score (nSPS) is 12.7.